The molecule has 1 saturated carbocycles. The standard InChI is InChI=1S/C21H23ClN2O2/c1-14(23-24-21(26)19-13-18(22)11-12-20(19)25)15-7-9-17(10-8-15)16-5-3-2-4-6-16/h7-13,16,25H,2-6H2,1H3,(H,24,26). The summed E-state index contributed by atoms with van der Waals surface area (Å²) < 4.78 is 0. The lowest BCUT2D eigenvalue weighted by atomic mass is 9.84. The van der Waals surface area contributed by atoms with E-state index in [9.17, 15) is 9.90 Å². The highest BCUT2D eigenvalue weighted by molar-refractivity contribution is 6.31. The highest BCUT2D eigenvalue weighted by Gasteiger charge is 2.15. The van der Waals surface area contributed by atoms with Gasteiger partial charge < -0.3 is 5.11 Å². The Kier molecular flexibility index (Phi) is 5.94. The van der Waals surface area contributed by atoms with E-state index in [-0.39, 0.29) is 11.3 Å². The number of nitrogens with one attached hydrogen (secondary N) is 1. The molecule has 1 fully saturated rings. The maximum atomic E-state index is 12.2. The molecule has 1 aliphatic carbocycles. The third kappa shape index (κ3) is 4.44. The number of nitrogens with zero attached hydrogens (tertiary/aromatic N) is 1. The van der Waals surface area contributed by atoms with E-state index in [1.165, 1.54) is 55.9 Å². The highest BCUT2D eigenvalue weighted by atomic mass is 35.5. The van der Waals surface area contributed by atoms with Gasteiger partial charge in [0, 0.05) is 5.02 Å². The van der Waals surface area contributed by atoms with Crippen molar-refractivity contribution in [1.82, 2.24) is 5.43 Å². The number of rotatable bonds is 4. The summed E-state index contributed by atoms with van der Waals surface area (Å²) in [6.07, 6.45) is 6.52. The zero-order valence-corrected chi connectivity index (χ0v) is 15.6. The lowest BCUT2D eigenvalue weighted by Crippen LogP contribution is -2.19. The van der Waals surface area contributed by atoms with Gasteiger partial charge in [0.05, 0.1) is 11.3 Å². The van der Waals surface area contributed by atoms with Crippen LogP contribution in [0, 0.1) is 0 Å². The third-order valence-electron chi connectivity index (χ3n) is 4.93. The summed E-state index contributed by atoms with van der Waals surface area (Å²) in [5, 5.41) is 14.3. The van der Waals surface area contributed by atoms with Crippen LogP contribution in [0.3, 0.4) is 0 Å². The molecule has 5 heteroatoms. The summed E-state index contributed by atoms with van der Waals surface area (Å²) in [4.78, 5) is 12.2. The summed E-state index contributed by atoms with van der Waals surface area (Å²) in [6.45, 7) is 1.84. The van der Waals surface area contributed by atoms with Gasteiger partial charge in [-0.3, -0.25) is 4.79 Å². The molecule has 1 aliphatic rings. The van der Waals surface area contributed by atoms with Crippen molar-refractivity contribution in [2.75, 3.05) is 0 Å². The molecule has 0 heterocycles. The maximum Gasteiger partial charge on any atom is 0.275 e. The van der Waals surface area contributed by atoms with Crippen LogP contribution < -0.4 is 5.43 Å². The molecule has 136 valence electrons. The van der Waals surface area contributed by atoms with Crippen molar-refractivity contribution in [3.63, 3.8) is 0 Å². The molecule has 0 bridgehead atoms. The topological polar surface area (TPSA) is 61.7 Å². The number of carbonyl (C=O) groups excluding carboxylic acids is 1. The molecule has 0 radical (unpaired) electrons. The lowest BCUT2D eigenvalue weighted by molar-refractivity contribution is 0.0952. The number of amides is 1. The molecule has 0 aromatic heterocycles. The Labute approximate surface area is 158 Å². The van der Waals surface area contributed by atoms with Crippen molar-refractivity contribution in [3.8, 4) is 5.75 Å². The molecule has 0 saturated heterocycles. The number of phenols is 1. The second kappa shape index (κ2) is 8.37. The second-order valence-electron chi connectivity index (χ2n) is 6.76. The molecule has 26 heavy (non-hydrogen) atoms. The molecule has 0 aliphatic heterocycles. The molecule has 0 spiro atoms. The fraction of sp³-hybridized carbons (Fsp3) is 0.333. The van der Waals surface area contributed by atoms with E-state index < -0.39 is 5.91 Å². The molecule has 2 aromatic carbocycles. The van der Waals surface area contributed by atoms with Gasteiger partial charge >= 0.3 is 0 Å². The van der Waals surface area contributed by atoms with Gasteiger partial charge in [0.25, 0.3) is 5.91 Å². The number of carbonyl (C=O) groups is 1. The Morgan fingerprint density at radius 1 is 1.12 bits per heavy atom. The molecular formula is C21H23ClN2O2. The molecular weight excluding hydrogens is 348 g/mol. The summed E-state index contributed by atoms with van der Waals surface area (Å²) in [5.74, 6) is 0.0420. The van der Waals surface area contributed by atoms with Crippen molar-refractivity contribution in [3.05, 3.63) is 64.2 Å². The van der Waals surface area contributed by atoms with Gasteiger partial charge in [0.15, 0.2) is 0 Å². The Morgan fingerprint density at radius 2 is 1.81 bits per heavy atom. The Morgan fingerprint density at radius 3 is 2.50 bits per heavy atom. The van der Waals surface area contributed by atoms with Crippen LogP contribution in [0.25, 0.3) is 0 Å². The van der Waals surface area contributed by atoms with Gasteiger partial charge in [-0.1, -0.05) is 55.1 Å². The number of benzene rings is 2. The van der Waals surface area contributed by atoms with Gasteiger partial charge in [-0.25, -0.2) is 5.43 Å². The first-order valence-electron chi connectivity index (χ1n) is 8.98. The summed E-state index contributed by atoms with van der Waals surface area (Å²) in [5.41, 5.74) is 5.62. The van der Waals surface area contributed by atoms with E-state index in [0.717, 1.165) is 5.56 Å². The van der Waals surface area contributed by atoms with Crippen molar-refractivity contribution >= 4 is 23.2 Å². The number of hydrazone groups is 1. The average molecular weight is 371 g/mol. The first kappa shape index (κ1) is 18.5. The van der Waals surface area contributed by atoms with Crippen LogP contribution in [0.5, 0.6) is 5.75 Å². The summed E-state index contributed by atoms with van der Waals surface area (Å²) in [7, 11) is 0. The van der Waals surface area contributed by atoms with Crippen molar-refractivity contribution < 1.29 is 9.90 Å². The Hall–Kier alpha value is -2.33. The number of aromatic hydroxyl groups is 1. The van der Waals surface area contributed by atoms with Crippen LogP contribution in [0.15, 0.2) is 47.6 Å². The van der Waals surface area contributed by atoms with Crippen LogP contribution in [0.4, 0.5) is 0 Å². The number of hydrogen-bond donors (Lipinski definition) is 2. The molecule has 2 N–H and O–H groups in total. The predicted octanol–water partition coefficient (Wildman–Crippen LogP) is 5.25. The first-order chi connectivity index (χ1) is 12.5. The van der Waals surface area contributed by atoms with E-state index in [0.29, 0.717) is 16.7 Å². The van der Waals surface area contributed by atoms with Gasteiger partial charge in [-0.15, -0.1) is 0 Å². The van der Waals surface area contributed by atoms with Crippen molar-refractivity contribution in [2.45, 2.75) is 44.9 Å². The highest BCUT2D eigenvalue weighted by Crippen LogP contribution is 2.32. The van der Waals surface area contributed by atoms with Gasteiger partial charge in [0.1, 0.15) is 5.75 Å². The van der Waals surface area contributed by atoms with Gasteiger partial charge in [-0.2, -0.15) is 5.10 Å². The molecule has 3 rings (SSSR count). The fourth-order valence-corrected chi connectivity index (χ4v) is 3.55. The van der Waals surface area contributed by atoms with Crippen LogP contribution in [0.1, 0.15) is 66.4 Å². The normalized spacial score (nSPS) is 15.7. The molecule has 4 nitrogen and oxygen atoms in total. The summed E-state index contributed by atoms with van der Waals surface area (Å²) in [6, 6.07) is 12.7. The lowest BCUT2D eigenvalue weighted by Gasteiger charge is -2.22. The quantitative estimate of drug-likeness (QED) is 0.570. The van der Waals surface area contributed by atoms with Crippen LogP contribution >= 0.6 is 11.6 Å². The third-order valence-corrected chi connectivity index (χ3v) is 5.17. The molecule has 1 amide bonds. The van der Waals surface area contributed by atoms with E-state index in [1.54, 1.807) is 0 Å². The fourth-order valence-electron chi connectivity index (χ4n) is 3.38. The maximum absolute atomic E-state index is 12.2. The minimum absolute atomic E-state index is 0.0988. The molecule has 2 aromatic rings. The largest absolute Gasteiger partial charge is 0.507 e. The van der Waals surface area contributed by atoms with E-state index >= 15 is 0 Å². The van der Waals surface area contributed by atoms with Crippen LogP contribution in [-0.4, -0.2) is 16.7 Å². The number of hydrogen-bond acceptors (Lipinski definition) is 3. The number of phenolic OH excluding ortho intramolecular Hbond substituents is 1. The number of halogens is 1. The van der Waals surface area contributed by atoms with Gasteiger partial charge in [-0.05, 0) is 55.0 Å². The van der Waals surface area contributed by atoms with E-state index in [2.05, 4.69) is 22.7 Å². The Balaban J connectivity index is 1.67. The van der Waals surface area contributed by atoms with E-state index in [4.69, 9.17) is 11.6 Å². The van der Waals surface area contributed by atoms with Crippen molar-refractivity contribution in [1.29, 1.82) is 0 Å². The van der Waals surface area contributed by atoms with Crippen molar-refractivity contribution in [2.24, 2.45) is 5.10 Å². The second-order valence-corrected chi connectivity index (χ2v) is 7.19. The molecule has 0 unspecified atom stereocenters. The Bertz CT molecular complexity index is 809. The van der Waals surface area contributed by atoms with Crippen LogP contribution in [-0.2, 0) is 0 Å². The average Bonchev–Trinajstić information content (AvgIpc) is 2.68. The predicted molar refractivity (Wildman–Crippen MR) is 105 cm³/mol. The molecule has 0 atom stereocenters. The zero-order chi connectivity index (χ0) is 18.5. The van der Waals surface area contributed by atoms with Gasteiger partial charge in [0.2, 0.25) is 0 Å². The minimum atomic E-state index is -0.497. The SMILES string of the molecule is CC(=NNC(=O)c1cc(Cl)ccc1O)c1ccc(C2CCCCC2)cc1. The van der Waals surface area contributed by atoms with Crippen LogP contribution in [0.2, 0.25) is 5.02 Å². The van der Waals surface area contributed by atoms with E-state index in [1.807, 2.05) is 19.1 Å². The first-order valence-corrected chi connectivity index (χ1v) is 9.36. The zero-order valence-electron chi connectivity index (χ0n) is 14.8. The monoisotopic (exact) mass is 370 g/mol. The smallest absolute Gasteiger partial charge is 0.275 e. The summed E-state index contributed by atoms with van der Waals surface area (Å²) >= 11 is 5.87. The minimum Gasteiger partial charge on any atom is -0.507 e.